The van der Waals surface area contributed by atoms with Crippen LogP contribution in [0.4, 0.5) is 5.69 Å². The molecule has 1 atom stereocenters. The first-order chi connectivity index (χ1) is 13.8. The fraction of sp³-hybridized carbons (Fsp3) is 0.440. The van der Waals surface area contributed by atoms with Gasteiger partial charge in [-0.2, -0.15) is 0 Å². The van der Waals surface area contributed by atoms with Crippen LogP contribution < -0.4 is 10.1 Å². The Hall–Kier alpha value is -2.42. The highest BCUT2D eigenvalue weighted by atomic mass is 16.5. The number of anilines is 1. The predicted molar refractivity (Wildman–Crippen MR) is 116 cm³/mol. The molecule has 3 heteroatoms. The molecule has 2 heterocycles. The lowest BCUT2D eigenvalue weighted by atomic mass is 9.65. The molecule has 1 saturated carbocycles. The first kappa shape index (κ1) is 17.7. The smallest absolute Gasteiger partial charge is 0.121 e. The van der Waals surface area contributed by atoms with Crippen molar-refractivity contribution in [3.8, 4) is 5.75 Å². The van der Waals surface area contributed by atoms with Crippen LogP contribution in [0.5, 0.6) is 5.75 Å². The second-order valence-corrected chi connectivity index (χ2v) is 8.49. The summed E-state index contributed by atoms with van der Waals surface area (Å²) < 4.78 is 5.91. The number of unbranched alkanes of at least 4 members (excludes halogenated alkanes) is 1. The Balaban J connectivity index is 1.52. The second kappa shape index (κ2) is 7.20. The molecule has 2 N–H and O–H groups in total. The molecule has 1 aromatic heterocycles. The molecule has 1 aliphatic carbocycles. The van der Waals surface area contributed by atoms with Crippen molar-refractivity contribution >= 4 is 16.6 Å². The van der Waals surface area contributed by atoms with Gasteiger partial charge in [0, 0.05) is 39.8 Å². The SMILES string of the molecule is CCCCOc1ccc2c(C3Nc4ccccc4C34CCCCC4)c[nH]c2c1. The van der Waals surface area contributed by atoms with Crippen molar-refractivity contribution < 1.29 is 4.74 Å². The second-order valence-electron chi connectivity index (χ2n) is 8.49. The first-order valence-corrected chi connectivity index (χ1v) is 10.9. The number of H-pyrrole nitrogens is 1. The van der Waals surface area contributed by atoms with Gasteiger partial charge in [-0.3, -0.25) is 0 Å². The molecule has 0 bridgehead atoms. The summed E-state index contributed by atoms with van der Waals surface area (Å²) in [5.41, 5.74) is 5.64. The number of nitrogens with one attached hydrogen (secondary N) is 2. The number of para-hydroxylation sites is 1. The zero-order valence-corrected chi connectivity index (χ0v) is 16.8. The van der Waals surface area contributed by atoms with Crippen LogP contribution in [-0.2, 0) is 5.41 Å². The summed E-state index contributed by atoms with van der Waals surface area (Å²) in [6.45, 7) is 2.98. The minimum Gasteiger partial charge on any atom is -0.494 e. The Morgan fingerprint density at radius 3 is 2.79 bits per heavy atom. The molecule has 0 amide bonds. The maximum atomic E-state index is 5.91. The van der Waals surface area contributed by atoms with Crippen molar-refractivity contribution in [2.24, 2.45) is 0 Å². The average molecular weight is 375 g/mol. The number of aromatic amines is 1. The van der Waals surface area contributed by atoms with Gasteiger partial charge in [0.2, 0.25) is 0 Å². The topological polar surface area (TPSA) is 37.0 Å². The van der Waals surface area contributed by atoms with E-state index in [-0.39, 0.29) is 5.41 Å². The van der Waals surface area contributed by atoms with E-state index < -0.39 is 0 Å². The van der Waals surface area contributed by atoms with Gasteiger partial charge in [0.05, 0.1) is 12.6 Å². The number of hydrogen-bond donors (Lipinski definition) is 2. The maximum absolute atomic E-state index is 5.91. The standard InChI is InChI=1S/C25H30N2O/c1-2-3-15-28-18-11-12-19-20(17-26-23(19)16-18)24-25(13-7-4-8-14-25)21-9-5-6-10-22(21)27-24/h5-6,9-12,16-17,24,26-27H,2-4,7-8,13-15H2,1H3. The number of benzene rings is 2. The molecular weight excluding hydrogens is 344 g/mol. The highest BCUT2D eigenvalue weighted by molar-refractivity contribution is 5.86. The van der Waals surface area contributed by atoms with Crippen LogP contribution in [0.3, 0.4) is 0 Å². The molecular formula is C25H30N2O. The van der Waals surface area contributed by atoms with Crippen LogP contribution >= 0.6 is 0 Å². The van der Waals surface area contributed by atoms with Gasteiger partial charge in [-0.15, -0.1) is 0 Å². The molecule has 0 radical (unpaired) electrons. The number of aromatic nitrogens is 1. The molecule has 28 heavy (non-hydrogen) atoms. The minimum atomic E-state index is 0.222. The summed E-state index contributed by atoms with van der Waals surface area (Å²) >= 11 is 0. The molecule has 1 aliphatic heterocycles. The van der Waals surface area contributed by atoms with Crippen LogP contribution in [0.2, 0.25) is 0 Å². The summed E-state index contributed by atoms with van der Waals surface area (Å²) in [6, 6.07) is 15.8. The summed E-state index contributed by atoms with van der Waals surface area (Å²) in [5.74, 6) is 0.962. The highest BCUT2D eigenvalue weighted by Crippen LogP contribution is 2.56. The third-order valence-corrected chi connectivity index (χ3v) is 6.82. The molecule has 5 rings (SSSR count). The van der Waals surface area contributed by atoms with E-state index >= 15 is 0 Å². The van der Waals surface area contributed by atoms with Crippen molar-refractivity contribution in [1.82, 2.24) is 4.98 Å². The zero-order chi connectivity index (χ0) is 19.0. The van der Waals surface area contributed by atoms with Crippen LogP contribution in [0, 0.1) is 0 Å². The lowest BCUT2D eigenvalue weighted by molar-refractivity contribution is 0.271. The van der Waals surface area contributed by atoms with Gasteiger partial charge in [-0.05, 0) is 43.0 Å². The Labute approximate surface area is 167 Å². The fourth-order valence-corrected chi connectivity index (χ4v) is 5.40. The first-order valence-electron chi connectivity index (χ1n) is 10.9. The molecule has 2 aromatic carbocycles. The van der Waals surface area contributed by atoms with E-state index in [0.29, 0.717) is 6.04 Å². The average Bonchev–Trinajstić information content (AvgIpc) is 3.28. The van der Waals surface area contributed by atoms with Gasteiger partial charge in [0.1, 0.15) is 5.75 Å². The molecule has 146 valence electrons. The van der Waals surface area contributed by atoms with E-state index in [0.717, 1.165) is 25.2 Å². The normalized spacial score (nSPS) is 20.2. The Morgan fingerprint density at radius 2 is 1.93 bits per heavy atom. The van der Waals surface area contributed by atoms with Gasteiger partial charge in [-0.1, -0.05) is 50.8 Å². The predicted octanol–water partition coefficient (Wildman–Crippen LogP) is 6.72. The molecule has 3 aromatic rings. The van der Waals surface area contributed by atoms with Gasteiger partial charge in [0.25, 0.3) is 0 Å². The summed E-state index contributed by atoms with van der Waals surface area (Å²) in [7, 11) is 0. The van der Waals surface area contributed by atoms with Crippen molar-refractivity contribution in [1.29, 1.82) is 0 Å². The molecule has 1 fully saturated rings. The number of hydrogen-bond acceptors (Lipinski definition) is 2. The molecule has 0 saturated heterocycles. The quantitative estimate of drug-likeness (QED) is 0.487. The number of fused-ring (bicyclic) bond motifs is 3. The molecule has 1 unspecified atom stereocenters. The largest absolute Gasteiger partial charge is 0.494 e. The van der Waals surface area contributed by atoms with Crippen molar-refractivity contribution in [2.75, 3.05) is 11.9 Å². The van der Waals surface area contributed by atoms with E-state index in [1.165, 1.54) is 59.8 Å². The van der Waals surface area contributed by atoms with Crippen molar-refractivity contribution in [2.45, 2.75) is 63.3 Å². The van der Waals surface area contributed by atoms with E-state index in [2.05, 4.69) is 65.9 Å². The van der Waals surface area contributed by atoms with E-state index in [1.807, 2.05) is 0 Å². The van der Waals surface area contributed by atoms with E-state index in [1.54, 1.807) is 0 Å². The zero-order valence-electron chi connectivity index (χ0n) is 16.8. The van der Waals surface area contributed by atoms with Gasteiger partial charge in [0.15, 0.2) is 0 Å². The Kier molecular flexibility index (Phi) is 4.54. The monoisotopic (exact) mass is 374 g/mol. The summed E-state index contributed by atoms with van der Waals surface area (Å²) in [6.07, 6.45) is 11.0. The lowest BCUT2D eigenvalue weighted by Crippen LogP contribution is -2.34. The number of ether oxygens (including phenoxy) is 1. The summed E-state index contributed by atoms with van der Waals surface area (Å²) in [4.78, 5) is 3.52. The highest BCUT2D eigenvalue weighted by Gasteiger charge is 2.48. The third-order valence-electron chi connectivity index (χ3n) is 6.82. The summed E-state index contributed by atoms with van der Waals surface area (Å²) in [5, 5.41) is 5.21. The molecule has 1 spiro atoms. The van der Waals surface area contributed by atoms with E-state index in [9.17, 15) is 0 Å². The maximum Gasteiger partial charge on any atom is 0.121 e. The van der Waals surface area contributed by atoms with Gasteiger partial charge >= 0.3 is 0 Å². The van der Waals surface area contributed by atoms with Gasteiger partial charge in [-0.25, -0.2) is 0 Å². The third kappa shape index (κ3) is 2.80. The lowest BCUT2D eigenvalue weighted by Gasteiger charge is -2.39. The van der Waals surface area contributed by atoms with Crippen molar-refractivity contribution in [3.05, 3.63) is 59.8 Å². The van der Waals surface area contributed by atoms with Crippen LogP contribution in [0.25, 0.3) is 10.9 Å². The Morgan fingerprint density at radius 1 is 1.07 bits per heavy atom. The van der Waals surface area contributed by atoms with Crippen LogP contribution in [0.15, 0.2) is 48.7 Å². The van der Waals surface area contributed by atoms with Crippen molar-refractivity contribution in [3.63, 3.8) is 0 Å². The number of rotatable bonds is 5. The fourth-order valence-electron chi connectivity index (χ4n) is 5.40. The van der Waals surface area contributed by atoms with Crippen LogP contribution in [0.1, 0.15) is 69.0 Å². The van der Waals surface area contributed by atoms with E-state index in [4.69, 9.17) is 4.74 Å². The Bertz CT molecular complexity index is 968. The van der Waals surface area contributed by atoms with Crippen LogP contribution in [-0.4, -0.2) is 11.6 Å². The van der Waals surface area contributed by atoms with Gasteiger partial charge < -0.3 is 15.0 Å². The molecule has 3 nitrogen and oxygen atoms in total. The molecule has 2 aliphatic rings. The minimum absolute atomic E-state index is 0.222.